The minimum atomic E-state index is -3.43. The molecule has 0 spiro atoms. The highest BCUT2D eigenvalue weighted by Gasteiger charge is 2.36. The lowest BCUT2D eigenvalue weighted by Crippen LogP contribution is -2.42. The van der Waals surface area contributed by atoms with Crippen LogP contribution in [0.25, 0.3) is 0 Å². The number of rotatable bonds is 5. The lowest BCUT2D eigenvalue weighted by Gasteiger charge is -2.15. The lowest BCUT2D eigenvalue weighted by molar-refractivity contribution is 0.0758. The van der Waals surface area contributed by atoms with Crippen molar-refractivity contribution in [1.29, 1.82) is 0 Å². The summed E-state index contributed by atoms with van der Waals surface area (Å²) in [5.41, 5.74) is 0.302. The molecule has 0 unspecified atom stereocenters. The van der Waals surface area contributed by atoms with E-state index in [0.717, 1.165) is 19.2 Å². The molecule has 1 aromatic rings. The van der Waals surface area contributed by atoms with Crippen molar-refractivity contribution in [2.24, 2.45) is 0 Å². The Bertz CT molecular complexity index is 613. The molecule has 1 aliphatic heterocycles. The molecule has 0 aliphatic carbocycles. The van der Waals surface area contributed by atoms with Crippen molar-refractivity contribution in [3.8, 4) is 0 Å². The number of hydrogen-bond acceptors (Lipinski definition) is 5. The fraction of sp³-hybridized carbons (Fsp3) is 0.667. The Morgan fingerprint density at radius 3 is 2.86 bits per heavy atom. The molecule has 1 fully saturated rings. The fourth-order valence-electron chi connectivity index (χ4n) is 2.33. The Morgan fingerprint density at radius 2 is 2.24 bits per heavy atom. The van der Waals surface area contributed by atoms with E-state index in [2.05, 4.69) is 9.82 Å². The average molecular weight is 316 g/mol. The molecule has 2 N–H and O–H groups in total. The number of nitrogens with zero attached hydrogens (tertiary/aromatic N) is 3. The van der Waals surface area contributed by atoms with Crippen molar-refractivity contribution < 1.29 is 18.3 Å². The van der Waals surface area contributed by atoms with Crippen molar-refractivity contribution >= 4 is 15.9 Å². The Labute approximate surface area is 123 Å². The summed E-state index contributed by atoms with van der Waals surface area (Å²) < 4.78 is 26.4. The first-order valence-electron chi connectivity index (χ1n) is 6.78. The molecule has 0 radical (unpaired) electrons. The summed E-state index contributed by atoms with van der Waals surface area (Å²) in [6.45, 7) is 2.97. The maximum Gasteiger partial charge on any atom is 0.274 e. The molecule has 2 heterocycles. The summed E-state index contributed by atoms with van der Waals surface area (Å²) in [4.78, 5) is 13.7. The first-order valence-corrected chi connectivity index (χ1v) is 8.67. The van der Waals surface area contributed by atoms with Gasteiger partial charge in [0.25, 0.3) is 5.91 Å². The second-order valence-corrected chi connectivity index (χ2v) is 7.02. The number of carbonyl (C=O) groups excluding carboxylic acids is 1. The third-order valence-corrected chi connectivity index (χ3v) is 3.99. The van der Waals surface area contributed by atoms with Gasteiger partial charge in [-0.1, -0.05) is 6.92 Å². The van der Waals surface area contributed by atoms with Crippen LogP contribution in [0.3, 0.4) is 0 Å². The number of nitrogens with one attached hydrogen (secondary N) is 1. The van der Waals surface area contributed by atoms with E-state index in [0.29, 0.717) is 5.69 Å². The highest BCUT2D eigenvalue weighted by atomic mass is 32.2. The Hall–Kier alpha value is -1.45. The molecule has 9 heteroatoms. The third kappa shape index (κ3) is 4.02. The van der Waals surface area contributed by atoms with Crippen LogP contribution >= 0.6 is 0 Å². The quantitative estimate of drug-likeness (QED) is 0.727. The van der Waals surface area contributed by atoms with Gasteiger partial charge in [0, 0.05) is 25.8 Å². The first-order chi connectivity index (χ1) is 9.80. The van der Waals surface area contributed by atoms with Crippen LogP contribution < -0.4 is 4.72 Å². The number of likely N-dealkylation sites (tertiary alicyclic amines) is 1. The highest BCUT2D eigenvalue weighted by molar-refractivity contribution is 7.88. The molecule has 21 heavy (non-hydrogen) atoms. The molecule has 118 valence electrons. The third-order valence-electron chi connectivity index (χ3n) is 3.25. The van der Waals surface area contributed by atoms with Gasteiger partial charge in [0.05, 0.1) is 18.4 Å². The zero-order valence-corrected chi connectivity index (χ0v) is 12.9. The number of sulfonamides is 1. The summed E-state index contributed by atoms with van der Waals surface area (Å²) in [5, 5.41) is 14.0. The smallest absolute Gasteiger partial charge is 0.274 e. The Morgan fingerprint density at radius 1 is 1.52 bits per heavy atom. The van der Waals surface area contributed by atoms with Crippen LogP contribution in [0.4, 0.5) is 0 Å². The van der Waals surface area contributed by atoms with Crippen molar-refractivity contribution in [3.63, 3.8) is 0 Å². The van der Waals surface area contributed by atoms with E-state index in [9.17, 15) is 18.3 Å². The fourth-order valence-corrected chi connectivity index (χ4v) is 3.12. The molecular weight excluding hydrogens is 296 g/mol. The molecule has 8 nitrogen and oxygen atoms in total. The molecule has 2 atom stereocenters. The summed E-state index contributed by atoms with van der Waals surface area (Å²) in [6.07, 6.45) is 2.76. The van der Waals surface area contributed by atoms with Crippen molar-refractivity contribution in [3.05, 3.63) is 18.0 Å². The largest absolute Gasteiger partial charge is 0.390 e. The van der Waals surface area contributed by atoms with Crippen LogP contribution in [0, 0.1) is 0 Å². The van der Waals surface area contributed by atoms with E-state index in [-0.39, 0.29) is 19.0 Å². The molecule has 0 bridgehead atoms. The maximum absolute atomic E-state index is 12.3. The van der Waals surface area contributed by atoms with E-state index < -0.39 is 22.2 Å². The van der Waals surface area contributed by atoms with Crippen LogP contribution in [0.2, 0.25) is 0 Å². The normalized spacial score (nSPS) is 22.7. The van der Waals surface area contributed by atoms with Crippen LogP contribution in [-0.4, -0.2) is 65.6 Å². The van der Waals surface area contributed by atoms with Gasteiger partial charge in [0.2, 0.25) is 10.0 Å². The number of hydrogen-bond donors (Lipinski definition) is 2. The van der Waals surface area contributed by atoms with E-state index in [4.69, 9.17) is 0 Å². The van der Waals surface area contributed by atoms with Gasteiger partial charge in [-0.3, -0.25) is 9.48 Å². The molecule has 1 aliphatic rings. The van der Waals surface area contributed by atoms with Gasteiger partial charge in [-0.2, -0.15) is 5.10 Å². The summed E-state index contributed by atoms with van der Waals surface area (Å²) >= 11 is 0. The molecule has 1 amide bonds. The standard InChI is InChI=1S/C12H20N4O4S/c1-3-5-16-6-4-9(13-16)12(18)15-7-10(11(17)8-15)14-21(2,19)20/h4,6,10-11,14,17H,3,5,7-8H2,1-2H3/t10-,11-/m1/s1. The highest BCUT2D eigenvalue weighted by Crippen LogP contribution is 2.14. The maximum atomic E-state index is 12.3. The minimum absolute atomic E-state index is 0.0899. The number of amides is 1. The van der Waals surface area contributed by atoms with Gasteiger partial charge in [-0.25, -0.2) is 13.1 Å². The van der Waals surface area contributed by atoms with Crippen molar-refractivity contribution in [2.75, 3.05) is 19.3 Å². The second-order valence-electron chi connectivity index (χ2n) is 5.24. The van der Waals surface area contributed by atoms with Crippen LogP contribution in [0.15, 0.2) is 12.3 Å². The monoisotopic (exact) mass is 316 g/mol. The Kier molecular flexibility index (Phi) is 4.64. The van der Waals surface area contributed by atoms with E-state index in [1.807, 2.05) is 6.92 Å². The Balaban J connectivity index is 2.03. The first kappa shape index (κ1) is 15.9. The predicted molar refractivity (Wildman–Crippen MR) is 76.2 cm³/mol. The van der Waals surface area contributed by atoms with E-state index >= 15 is 0 Å². The second kappa shape index (κ2) is 6.12. The van der Waals surface area contributed by atoms with Crippen LogP contribution in [-0.2, 0) is 16.6 Å². The molecular formula is C12H20N4O4S. The van der Waals surface area contributed by atoms with Gasteiger partial charge in [0.1, 0.15) is 5.69 Å². The molecule has 1 aromatic heterocycles. The average Bonchev–Trinajstić information content (AvgIpc) is 2.95. The molecule has 0 saturated carbocycles. The molecule has 0 aromatic carbocycles. The number of aliphatic hydroxyl groups is 1. The minimum Gasteiger partial charge on any atom is -0.390 e. The van der Waals surface area contributed by atoms with Crippen molar-refractivity contribution in [2.45, 2.75) is 32.0 Å². The summed E-state index contributed by atoms with van der Waals surface area (Å²) in [5.74, 6) is -0.304. The number of β-amino-alcohol motifs (C(OH)–C–C–N with tert-alkyl or cyclic N) is 1. The van der Waals surface area contributed by atoms with Gasteiger partial charge >= 0.3 is 0 Å². The van der Waals surface area contributed by atoms with E-state index in [1.165, 1.54) is 4.90 Å². The van der Waals surface area contributed by atoms with Gasteiger partial charge in [-0.05, 0) is 12.5 Å². The number of aliphatic hydroxyl groups excluding tert-OH is 1. The summed E-state index contributed by atoms with van der Waals surface area (Å²) in [7, 11) is -3.43. The molecule has 1 saturated heterocycles. The van der Waals surface area contributed by atoms with Gasteiger partial charge in [0.15, 0.2) is 0 Å². The predicted octanol–water partition coefficient (Wildman–Crippen LogP) is -0.972. The van der Waals surface area contributed by atoms with Crippen LogP contribution in [0.1, 0.15) is 23.8 Å². The van der Waals surface area contributed by atoms with Crippen LogP contribution in [0.5, 0.6) is 0 Å². The van der Waals surface area contributed by atoms with Gasteiger partial charge in [-0.15, -0.1) is 0 Å². The lowest BCUT2D eigenvalue weighted by atomic mass is 10.2. The van der Waals surface area contributed by atoms with Gasteiger partial charge < -0.3 is 10.0 Å². The number of aromatic nitrogens is 2. The number of aryl methyl sites for hydroxylation is 1. The molecule has 2 rings (SSSR count). The number of carbonyl (C=O) groups is 1. The topological polar surface area (TPSA) is 105 Å². The zero-order valence-electron chi connectivity index (χ0n) is 12.1. The van der Waals surface area contributed by atoms with E-state index in [1.54, 1.807) is 16.9 Å². The van der Waals surface area contributed by atoms with Crippen molar-refractivity contribution in [1.82, 2.24) is 19.4 Å². The summed E-state index contributed by atoms with van der Waals surface area (Å²) in [6, 6.07) is 0.948. The zero-order chi connectivity index (χ0) is 15.6. The SMILES string of the molecule is CCCn1ccc(C(=O)N2C[C@@H](O)[C@H](NS(C)(=O)=O)C2)n1.